The number of carbonyl (C=O) groups excluding carboxylic acids is 1. The van der Waals surface area contributed by atoms with E-state index in [-0.39, 0.29) is 0 Å². The van der Waals surface area contributed by atoms with Crippen LogP contribution >= 0.6 is 0 Å². The van der Waals surface area contributed by atoms with Gasteiger partial charge in [0.25, 0.3) is 0 Å². The van der Waals surface area contributed by atoms with Gasteiger partial charge in [-0.25, -0.2) is 0 Å². The topological polar surface area (TPSA) is 17.1 Å². The van der Waals surface area contributed by atoms with E-state index in [1.54, 1.807) is 0 Å². The van der Waals surface area contributed by atoms with Crippen molar-refractivity contribution < 1.29 is 4.79 Å². The number of hydrogen-bond acceptors (Lipinski definition) is 1. The summed E-state index contributed by atoms with van der Waals surface area (Å²) in [6.45, 7) is 0. The Balaban J connectivity index is 1.76. The molecule has 1 aliphatic rings. The summed E-state index contributed by atoms with van der Waals surface area (Å²) >= 11 is 0. The van der Waals surface area contributed by atoms with Crippen LogP contribution in [0.15, 0.2) is 0 Å². The smallest absolute Gasteiger partial charge is 0.119 e. The van der Waals surface area contributed by atoms with Crippen LogP contribution in [-0.4, -0.2) is 6.29 Å². The van der Waals surface area contributed by atoms with Crippen molar-refractivity contribution in [1.82, 2.24) is 0 Å². The fourth-order valence-electron chi connectivity index (χ4n) is 3.02. The number of carbonyl (C=O) groups is 1. The van der Waals surface area contributed by atoms with Crippen molar-refractivity contribution in [3.63, 3.8) is 0 Å². The van der Waals surface area contributed by atoms with Crippen LogP contribution < -0.4 is 0 Å². The molecule has 0 N–H and O–H groups in total. The van der Waals surface area contributed by atoms with Crippen molar-refractivity contribution in [3.8, 4) is 0 Å². The van der Waals surface area contributed by atoms with E-state index in [2.05, 4.69) is 0 Å². The fourth-order valence-corrected chi connectivity index (χ4v) is 3.02. The summed E-state index contributed by atoms with van der Waals surface area (Å²) in [6.07, 6.45) is 20.1. The van der Waals surface area contributed by atoms with E-state index in [0.29, 0.717) is 0 Å². The molecule has 0 radical (unpaired) electrons. The second kappa shape index (κ2) is 10.8. The molecule has 1 aliphatic carbocycles. The number of aldehydes is 1. The molecule has 0 heterocycles. The zero-order valence-electron chi connectivity index (χ0n) is 11.5. The molecule has 0 atom stereocenters. The monoisotopic (exact) mass is 238 g/mol. The Kier molecular flexibility index (Phi) is 9.36. The number of rotatable bonds is 10. The molecule has 0 aromatic heterocycles. The van der Waals surface area contributed by atoms with Crippen LogP contribution in [0.1, 0.15) is 89.9 Å². The summed E-state index contributed by atoms with van der Waals surface area (Å²) in [5.74, 6) is 1.07. The molecule has 17 heavy (non-hydrogen) atoms. The van der Waals surface area contributed by atoms with E-state index in [4.69, 9.17) is 0 Å². The van der Waals surface area contributed by atoms with Gasteiger partial charge < -0.3 is 4.79 Å². The molecule has 0 unspecified atom stereocenters. The molecule has 0 aromatic carbocycles. The highest BCUT2D eigenvalue weighted by atomic mass is 16.1. The Labute approximate surface area is 107 Å². The van der Waals surface area contributed by atoms with Crippen molar-refractivity contribution >= 4 is 6.29 Å². The summed E-state index contributed by atoms with van der Waals surface area (Å²) in [4.78, 5) is 10.1. The van der Waals surface area contributed by atoms with Crippen molar-refractivity contribution in [2.24, 2.45) is 5.92 Å². The summed E-state index contributed by atoms with van der Waals surface area (Å²) < 4.78 is 0. The SMILES string of the molecule is O=CCCCCCCCCCC1CCCCC1. The van der Waals surface area contributed by atoms with Crippen LogP contribution in [0.3, 0.4) is 0 Å². The van der Waals surface area contributed by atoms with E-state index < -0.39 is 0 Å². The van der Waals surface area contributed by atoms with Crippen LogP contribution in [0.2, 0.25) is 0 Å². The Bertz CT molecular complexity index is 170. The predicted molar refractivity (Wildman–Crippen MR) is 74.2 cm³/mol. The third kappa shape index (κ3) is 8.40. The highest BCUT2D eigenvalue weighted by molar-refractivity contribution is 5.48. The minimum Gasteiger partial charge on any atom is -0.303 e. The highest BCUT2D eigenvalue weighted by Crippen LogP contribution is 2.28. The van der Waals surface area contributed by atoms with E-state index in [9.17, 15) is 4.79 Å². The molecule has 1 nitrogen and oxygen atoms in total. The molecule has 1 rings (SSSR count). The van der Waals surface area contributed by atoms with Gasteiger partial charge in [-0.3, -0.25) is 0 Å². The van der Waals surface area contributed by atoms with Crippen molar-refractivity contribution in [1.29, 1.82) is 0 Å². The van der Waals surface area contributed by atoms with Gasteiger partial charge in [0.2, 0.25) is 0 Å². The maximum Gasteiger partial charge on any atom is 0.119 e. The van der Waals surface area contributed by atoms with E-state index in [1.807, 2.05) is 0 Å². The molecule has 100 valence electrons. The zero-order valence-corrected chi connectivity index (χ0v) is 11.5. The first-order valence-electron chi connectivity index (χ1n) is 7.87. The van der Waals surface area contributed by atoms with Gasteiger partial charge in [0.05, 0.1) is 0 Å². The Hall–Kier alpha value is -0.330. The number of hydrogen-bond donors (Lipinski definition) is 0. The quantitative estimate of drug-likeness (QED) is 0.374. The lowest BCUT2D eigenvalue weighted by atomic mass is 9.85. The molecular weight excluding hydrogens is 208 g/mol. The lowest BCUT2D eigenvalue weighted by molar-refractivity contribution is -0.107. The first kappa shape index (κ1) is 14.7. The van der Waals surface area contributed by atoms with Crippen LogP contribution in [0.25, 0.3) is 0 Å². The summed E-state index contributed by atoms with van der Waals surface area (Å²) in [5.41, 5.74) is 0. The van der Waals surface area contributed by atoms with Gasteiger partial charge in [-0.05, 0) is 12.3 Å². The molecule has 1 heteroatoms. The molecule has 1 saturated carbocycles. The Morgan fingerprint density at radius 2 is 1.35 bits per heavy atom. The van der Waals surface area contributed by atoms with Gasteiger partial charge in [0.1, 0.15) is 6.29 Å². The van der Waals surface area contributed by atoms with Crippen LogP contribution in [-0.2, 0) is 4.79 Å². The van der Waals surface area contributed by atoms with E-state index in [1.165, 1.54) is 77.0 Å². The maximum atomic E-state index is 10.1. The first-order chi connectivity index (χ1) is 8.43. The standard InChI is InChI=1S/C16H30O/c17-15-11-6-4-2-1-3-5-8-12-16-13-9-7-10-14-16/h15-16H,1-14H2. The summed E-state index contributed by atoms with van der Waals surface area (Å²) in [7, 11) is 0. The molecule has 1 fully saturated rings. The van der Waals surface area contributed by atoms with Gasteiger partial charge in [-0.1, -0.05) is 77.0 Å². The minimum atomic E-state index is 0.766. The number of unbranched alkanes of at least 4 members (excludes halogenated alkanes) is 7. The molecule has 0 aliphatic heterocycles. The molecule has 0 bridgehead atoms. The van der Waals surface area contributed by atoms with Crippen molar-refractivity contribution in [2.45, 2.75) is 89.9 Å². The lowest BCUT2D eigenvalue weighted by Gasteiger charge is -2.21. The Morgan fingerprint density at radius 3 is 2.00 bits per heavy atom. The Morgan fingerprint density at radius 1 is 0.765 bits per heavy atom. The molecule has 0 aromatic rings. The third-order valence-electron chi connectivity index (χ3n) is 4.16. The molecule has 0 spiro atoms. The maximum absolute atomic E-state index is 10.1. The molecule has 0 amide bonds. The normalized spacial score (nSPS) is 17.2. The van der Waals surface area contributed by atoms with Gasteiger partial charge in [-0.15, -0.1) is 0 Å². The minimum absolute atomic E-state index is 0.766. The third-order valence-corrected chi connectivity index (χ3v) is 4.16. The van der Waals surface area contributed by atoms with Gasteiger partial charge in [-0.2, -0.15) is 0 Å². The van der Waals surface area contributed by atoms with Crippen molar-refractivity contribution in [3.05, 3.63) is 0 Å². The van der Waals surface area contributed by atoms with Gasteiger partial charge >= 0.3 is 0 Å². The summed E-state index contributed by atoms with van der Waals surface area (Å²) in [6, 6.07) is 0. The van der Waals surface area contributed by atoms with E-state index >= 15 is 0 Å². The molecular formula is C16H30O. The van der Waals surface area contributed by atoms with Crippen molar-refractivity contribution in [2.75, 3.05) is 0 Å². The second-order valence-corrected chi connectivity index (χ2v) is 5.72. The van der Waals surface area contributed by atoms with Gasteiger partial charge in [0.15, 0.2) is 0 Å². The van der Waals surface area contributed by atoms with Gasteiger partial charge in [0, 0.05) is 6.42 Å². The average Bonchev–Trinajstić information content (AvgIpc) is 2.38. The fraction of sp³-hybridized carbons (Fsp3) is 0.938. The van der Waals surface area contributed by atoms with Crippen LogP contribution in [0.5, 0.6) is 0 Å². The first-order valence-corrected chi connectivity index (χ1v) is 7.87. The van der Waals surface area contributed by atoms with E-state index in [0.717, 1.165) is 25.0 Å². The average molecular weight is 238 g/mol. The van der Waals surface area contributed by atoms with Crippen LogP contribution in [0, 0.1) is 5.92 Å². The predicted octanol–water partition coefficient (Wildman–Crippen LogP) is 5.28. The second-order valence-electron chi connectivity index (χ2n) is 5.72. The summed E-state index contributed by atoms with van der Waals surface area (Å²) in [5, 5.41) is 0. The highest BCUT2D eigenvalue weighted by Gasteiger charge is 2.12. The molecule has 0 saturated heterocycles. The lowest BCUT2D eigenvalue weighted by Crippen LogP contribution is -2.05. The zero-order chi connectivity index (χ0) is 12.2. The van der Waals surface area contributed by atoms with Crippen LogP contribution in [0.4, 0.5) is 0 Å². The largest absolute Gasteiger partial charge is 0.303 e.